The molecule has 0 bridgehead atoms. The van der Waals surface area contributed by atoms with Gasteiger partial charge in [0.15, 0.2) is 6.61 Å². The van der Waals surface area contributed by atoms with Crippen molar-refractivity contribution in [1.82, 2.24) is 4.90 Å². The van der Waals surface area contributed by atoms with E-state index in [2.05, 4.69) is 22.0 Å². The Hall–Kier alpha value is -3.06. The molecule has 2 aromatic rings. The minimum atomic E-state index is -0.406. The van der Waals surface area contributed by atoms with Gasteiger partial charge in [0.05, 0.1) is 23.5 Å². The highest BCUT2D eigenvalue weighted by molar-refractivity contribution is 5.98. The van der Waals surface area contributed by atoms with Crippen LogP contribution in [0.1, 0.15) is 29.8 Å². The molecule has 31 heavy (non-hydrogen) atoms. The van der Waals surface area contributed by atoms with E-state index in [1.165, 1.54) is 0 Å². The first-order chi connectivity index (χ1) is 15.0. The van der Waals surface area contributed by atoms with Gasteiger partial charge in [-0.25, -0.2) is 4.79 Å². The quantitative estimate of drug-likeness (QED) is 0.654. The molecule has 0 radical (unpaired) electrons. The normalized spacial score (nSPS) is 14.2. The Kier molecular flexibility index (Phi) is 7.89. The lowest BCUT2D eigenvalue weighted by Crippen LogP contribution is -2.46. The molecule has 3 rings (SSSR count). The zero-order chi connectivity index (χ0) is 22.2. The maximum Gasteiger partial charge on any atom is 0.338 e. The van der Waals surface area contributed by atoms with Crippen molar-refractivity contribution in [2.45, 2.75) is 20.8 Å². The first-order valence-corrected chi connectivity index (χ1v) is 10.8. The molecule has 1 heterocycles. The van der Waals surface area contributed by atoms with Crippen LogP contribution in [0.4, 0.5) is 11.4 Å². The van der Waals surface area contributed by atoms with E-state index < -0.39 is 5.97 Å². The number of hydrogen-bond acceptors (Lipinski definition) is 6. The molecule has 1 aliphatic heterocycles. The topological polar surface area (TPSA) is 71.1 Å². The molecule has 0 aliphatic carbocycles. The number of esters is 1. The molecular weight excluding hydrogens is 394 g/mol. The molecule has 0 saturated carbocycles. The number of nitrogens with zero attached hydrogens (tertiary/aromatic N) is 2. The average Bonchev–Trinajstić information content (AvgIpc) is 2.79. The Morgan fingerprint density at radius 1 is 1.00 bits per heavy atom. The number of carbonyl (C=O) groups is 2. The molecule has 7 nitrogen and oxygen atoms in total. The van der Waals surface area contributed by atoms with Gasteiger partial charge in [-0.1, -0.05) is 24.6 Å². The molecule has 166 valence electrons. The number of ether oxygens (including phenoxy) is 2. The van der Waals surface area contributed by atoms with Crippen molar-refractivity contribution in [2.75, 3.05) is 56.2 Å². The Bertz CT molecular complexity index is 890. The third-order valence-corrected chi connectivity index (χ3v) is 5.33. The summed E-state index contributed by atoms with van der Waals surface area (Å²) in [6.07, 6.45) is 0. The van der Waals surface area contributed by atoms with Gasteiger partial charge in [-0.15, -0.1) is 0 Å². The van der Waals surface area contributed by atoms with Gasteiger partial charge in [-0.3, -0.25) is 4.79 Å². The summed E-state index contributed by atoms with van der Waals surface area (Å²) < 4.78 is 10.7. The van der Waals surface area contributed by atoms with Crippen molar-refractivity contribution in [3.63, 3.8) is 0 Å². The second-order valence-electron chi connectivity index (χ2n) is 7.52. The van der Waals surface area contributed by atoms with Crippen LogP contribution in [-0.4, -0.2) is 62.7 Å². The first-order valence-electron chi connectivity index (χ1n) is 10.8. The van der Waals surface area contributed by atoms with Crippen LogP contribution in [0.15, 0.2) is 42.5 Å². The molecule has 2 aromatic carbocycles. The monoisotopic (exact) mass is 425 g/mol. The van der Waals surface area contributed by atoms with Crippen molar-refractivity contribution in [3.05, 3.63) is 53.6 Å². The minimum Gasteiger partial charge on any atom is -0.484 e. The second-order valence-corrected chi connectivity index (χ2v) is 7.52. The predicted molar refractivity (Wildman–Crippen MR) is 122 cm³/mol. The van der Waals surface area contributed by atoms with E-state index in [4.69, 9.17) is 9.47 Å². The Labute approximate surface area is 183 Å². The summed E-state index contributed by atoms with van der Waals surface area (Å²) in [7, 11) is 0. The van der Waals surface area contributed by atoms with Crippen LogP contribution < -0.4 is 15.0 Å². The van der Waals surface area contributed by atoms with Crippen LogP contribution in [0, 0.1) is 6.92 Å². The van der Waals surface area contributed by atoms with Gasteiger partial charge >= 0.3 is 5.97 Å². The zero-order valence-corrected chi connectivity index (χ0v) is 18.5. The molecule has 0 aromatic heterocycles. The van der Waals surface area contributed by atoms with E-state index in [1.807, 2.05) is 37.3 Å². The van der Waals surface area contributed by atoms with Gasteiger partial charge < -0.3 is 24.6 Å². The lowest BCUT2D eigenvalue weighted by Gasteiger charge is -2.36. The largest absolute Gasteiger partial charge is 0.484 e. The van der Waals surface area contributed by atoms with Gasteiger partial charge in [-0.05, 0) is 50.7 Å². The van der Waals surface area contributed by atoms with Gasteiger partial charge in [0, 0.05) is 26.2 Å². The highest BCUT2D eigenvalue weighted by Gasteiger charge is 2.21. The zero-order valence-electron chi connectivity index (χ0n) is 18.5. The van der Waals surface area contributed by atoms with Gasteiger partial charge in [-0.2, -0.15) is 0 Å². The lowest BCUT2D eigenvalue weighted by molar-refractivity contribution is -0.118. The summed E-state index contributed by atoms with van der Waals surface area (Å²) in [6, 6.07) is 12.9. The SMILES string of the molecule is CCOC(=O)c1ccc(N2CCN(CC)CC2)c(NC(=O)COc2ccc(C)cc2)c1. The number of amides is 1. The van der Waals surface area contributed by atoms with E-state index in [9.17, 15) is 9.59 Å². The lowest BCUT2D eigenvalue weighted by atomic mass is 10.1. The van der Waals surface area contributed by atoms with Crippen LogP contribution in [0.2, 0.25) is 0 Å². The van der Waals surface area contributed by atoms with Gasteiger partial charge in [0.1, 0.15) is 5.75 Å². The molecule has 1 aliphatic rings. The van der Waals surface area contributed by atoms with Gasteiger partial charge in [0.2, 0.25) is 0 Å². The van der Waals surface area contributed by atoms with E-state index in [0.29, 0.717) is 23.6 Å². The Balaban J connectivity index is 1.74. The summed E-state index contributed by atoms with van der Waals surface area (Å²) >= 11 is 0. The van der Waals surface area contributed by atoms with Crippen molar-refractivity contribution in [1.29, 1.82) is 0 Å². The molecule has 1 saturated heterocycles. The van der Waals surface area contributed by atoms with Crippen molar-refractivity contribution in [2.24, 2.45) is 0 Å². The molecule has 0 atom stereocenters. The average molecular weight is 426 g/mol. The number of likely N-dealkylation sites (N-methyl/N-ethyl adjacent to an activating group) is 1. The van der Waals surface area contributed by atoms with Gasteiger partial charge in [0.25, 0.3) is 5.91 Å². The minimum absolute atomic E-state index is 0.115. The number of carbonyl (C=O) groups excluding carboxylic acids is 2. The fourth-order valence-electron chi connectivity index (χ4n) is 3.53. The van der Waals surface area contributed by atoms with E-state index >= 15 is 0 Å². The maximum absolute atomic E-state index is 12.6. The predicted octanol–water partition coefficient (Wildman–Crippen LogP) is 3.33. The molecule has 1 N–H and O–H groups in total. The number of aryl methyl sites for hydroxylation is 1. The third kappa shape index (κ3) is 6.21. The number of piperazine rings is 1. The van der Waals surface area contributed by atoms with E-state index in [1.54, 1.807) is 19.1 Å². The third-order valence-electron chi connectivity index (χ3n) is 5.33. The van der Waals surface area contributed by atoms with Crippen molar-refractivity contribution in [3.8, 4) is 5.75 Å². The molecule has 0 spiro atoms. The number of rotatable bonds is 8. The Morgan fingerprint density at radius 3 is 2.35 bits per heavy atom. The fourth-order valence-corrected chi connectivity index (χ4v) is 3.53. The summed E-state index contributed by atoms with van der Waals surface area (Å²) in [4.78, 5) is 29.4. The number of hydrogen-bond donors (Lipinski definition) is 1. The van der Waals surface area contributed by atoms with Crippen LogP contribution in [0.25, 0.3) is 0 Å². The maximum atomic E-state index is 12.6. The van der Waals surface area contributed by atoms with E-state index in [0.717, 1.165) is 44.0 Å². The summed E-state index contributed by atoms with van der Waals surface area (Å²) in [5.74, 6) is -0.0526. The van der Waals surface area contributed by atoms with Crippen molar-refractivity contribution >= 4 is 23.3 Å². The van der Waals surface area contributed by atoms with Crippen LogP contribution in [0.5, 0.6) is 5.75 Å². The summed E-state index contributed by atoms with van der Waals surface area (Å²) in [5, 5.41) is 2.93. The molecular formula is C24H31N3O4. The van der Waals surface area contributed by atoms with Crippen LogP contribution >= 0.6 is 0 Å². The molecule has 7 heteroatoms. The first kappa shape index (κ1) is 22.6. The number of benzene rings is 2. The Morgan fingerprint density at radius 2 is 1.71 bits per heavy atom. The highest BCUT2D eigenvalue weighted by Crippen LogP contribution is 2.29. The standard InChI is InChI=1S/C24H31N3O4/c1-4-26-12-14-27(15-13-26)22-11-8-19(24(29)30-5-2)16-21(22)25-23(28)17-31-20-9-6-18(3)7-10-20/h6-11,16H,4-5,12-15,17H2,1-3H3,(H,25,28). The van der Waals surface area contributed by atoms with Crippen LogP contribution in [-0.2, 0) is 9.53 Å². The highest BCUT2D eigenvalue weighted by atomic mass is 16.5. The van der Waals surface area contributed by atoms with Crippen molar-refractivity contribution < 1.29 is 19.1 Å². The number of anilines is 2. The molecule has 1 amide bonds. The summed E-state index contributed by atoms with van der Waals surface area (Å²) in [6.45, 7) is 10.8. The number of nitrogens with one attached hydrogen (secondary N) is 1. The molecule has 0 unspecified atom stereocenters. The summed E-state index contributed by atoms with van der Waals surface area (Å²) in [5.41, 5.74) is 3.02. The van der Waals surface area contributed by atoms with E-state index in [-0.39, 0.29) is 12.5 Å². The molecule has 1 fully saturated rings. The van der Waals surface area contributed by atoms with Crippen LogP contribution in [0.3, 0.4) is 0 Å². The second kappa shape index (κ2) is 10.8. The fraction of sp³-hybridized carbons (Fsp3) is 0.417. The smallest absolute Gasteiger partial charge is 0.338 e.